The average molecular weight is 216 g/mol. The highest BCUT2D eigenvalue weighted by atomic mass is 28.3. The first kappa shape index (κ1) is 12.2. The summed E-state index contributed by atoms with van der Waals surface area (Å²) in [5.41, 5.74) is 0. The molecule has 0 aromatic carbocycles. The second-order valence-electron chi connectivity index (χ2n) is 4.34. The van der Waals surface area contributed by atoms with Crippen LogP contribution in [-0.2, 0) is 8.85 Å². The van der Waals surface area contributed by atoms with Crippen LogP contribution in [0, 0.1) is 5.92 Å². The Hall–Kier alpha value is 0.137. The third-order valence-corrected chi connectivity index (χ3v) is 5.17. The van der Waals surface area contributed by atoms with Gasteiger partial charge in [-0.3, -0.25) is 0 Å². The fourth-order valence-corrected chi connectivity index (χ4v) is 3.76. The molecule has 2 nitrogen and oxygen atoms in total. The van der Waals surface area contributed by atoms with Gasteiger partial charge in [0.05, 0.1) is 0 Å². The molecule has 1 rings (SSSR count). The Kier molecular flexibility index (Phi) is 6.48. The summed E-state index contributed by atoms with van der Waals surface area (Å²) < 4.78 is 10.7. The van der Waals surface area contributed by atoms with E-state index < -0.39 is 9.28 Å². The first-order valence-electron chi connectivity index (χ1n) is 5.92. The largest absolute Gasteiger partial charge is 0.400 e. The molecule has 0 aromatic heterocycles. The van der Waals surface area contributed by atoms with Gasteiger partial charge < -0.3 is 8.85 Å². The molecule has 0 radical (unpaired) electrons. The Labute approximate surface area is 89.8 Å². The van der Waals surface area contributed by atoms with E-state index in [0.29, 0.717) is 0 Å². The van der Waals surface area contributed by atoms with Crippen LogP contribution in [0.4, 0.5) is 0 Å². The van der Waals surface area contributed by atoms with Gasteiger partial charge in [-0.2, -0.15) is 0 Å². The van der Waals surface area contributed by atoms with E-state index in [0.717, 1.165) is 5.92 Å². The van der Waals surface area contributed by atoms with Crippen LogP contribution in [0.3, 0.4) is 0 Å². The monoisotopic (exact) mass is 216 g/mol. The smallest absolute Gasteiger partial charge is 0.320 e. The minimum Gasteiger partial charge on any atom is -0.400 e. The summed E-state index contributed by atoms with van der Waals surface area (Å²) in [6.45, 7) is 0. The van der Waals surface area contributed by atoms with Gasteiger partial charge in [-0.05, 0) is 18.4 Å². The van der Waals surface area contributed by atoms with Crippen molar-refractivity contribution < 1.29 is 8.85 Å². The number of hydrogen-bond acceptors (Lipinski definition) is 2. The van der Waals surface area contributed by atoms with Gasteiger partial charge in [0.15, 0.2) is 0 Å². The topological polar surface area (TPSA) is 18.5 Å². The van der Waals surface area contributed by atoms with Gasteiger partial charge in [-0.1, -0.05) is 38.5 Å². The zero-order valence-electron chi connectivity index (χ0n) is 9.63. The van der Waals surface area contributed by atoms with Gasteiger partial charge in [-0.15, -0.1) is 0 Å². The van der Waals surface area contributed by atoms with Crippen molar-refractivity contribution in [2.24, 2.45) is 5.92 Å². The van der Waals surface area contributed by atoms with Crippen LogP contribution >= 0.6 is 0 Å². The minimum atomic E-state index is -1.28. The third-order valence-electron chi connectivity index (χ3n) is 3.31. The molecule has 0 bridgehead atoms. The molecule has 0 spiro atoms. The minimum absolute atomic E-state index is 0.956. The van der Waals surface area contributed by atoms with Crippen LogP contribution in [0.5, 0.6) is 0 Å². The molecule has 1 saturated carbocycles. The van der Waals surface area contributed by atoms with Gasteiger partial charge in [0, 0.05) is 14.2 Å². The van der Waals surface area contributed by atoms with Gasteiger partial charge in [-0.25, -0.2) is 0 Å². The molecule has 0 heterocycles. The van der Waals surface area contributed by atoms with Crippen LogP contribution in [0.2, 0.25) is 6.04 Å². The Morgan fingerprint density at radius 2 is 1.57 bits per heavy atom. The van der Waals surface area contributed by atoms with Crippen molar-refractivity contribution in [1.29, 1.82) is 0 Å². The standard InChI is InChI=1S/C11H24O2Si/c1-12-14(13-2)10-9-11-7-5-3-4-6-8-11/h11,14H,3-10H2,1-2H3. The molecule has 0 unspecified atom stereocenters. The summed E-state index contributed by atoms with van der Waals surface area (Å²) in [5.74, 6) is 0.956. The Morgan fingerprint density at radius 1 is 1.00 bits per heavy atom. The molecule has 0 atom stereocenters. The van der Waals surface area contributed by atoms with Crippen molar-refractivity contribution in [1.82, 2.24) is 0 Å². The molecule has 1 fully saturated rings. The van der Waals surface area contributed by atoms with Gasteiger partial charge in [0.25, 0.3) is 0 Å². The molecule has 3 heteroatoms. The van der Waals surface area contributed by atoms with Crippen LogP contribution in [-0.4, -0.2) is 23.5 Å². The Balaban J connectivity index is 2.14. The van der Waals surface area contributed by atoms with Gasteiger partial charge in [0.2, 0.25) is 0 Å². The normalized spacial score (nSPS) is 19.9. The zero-order chi connectivity index (χ0) is 10.2. The maximum absolute atomic E-state index is 5.34. The Morgan fingerprint density at radius 3 is 2.07 bits per heavy atom. The summed E-state index contributed by atoms with van der Waals surface area (Å²) in [6, 6.07) is 1.19. The average Bonchev–Trinajstić information content (AvgIpc) is 2.48. The summed E-state index contributed by atoms with van der Waals surface area (Å²) in [5, 5.41) is 0. The molecule has 84 valence electrons. The van der Waals surface area contributed by atoms with Crippen molar-refractivity contribution in [3.8, 4) is 0 Å². The predicted molar refractivity (Wildman–Crippen MR) is 61.8 cm³/mol. The molecule has 14 heavy (non-hydrogen) atoms. The van der Waals surface area contributed by atoms with E-state index in [-0.39, 0.29) is 0 Å². The van der Waals surface area contributed by atoms with Crippen molar-refractivity contribution in [3.05, 3.63) is 0 Å². The molecular formula is C11H24O2Si. The predicted octanol–water partition coefficient (Wildman–Crippen LogP) is 2.86. The fourth-order valence-electron chi connectivity index (χ4n) is 2.36. The summed E-state index contributed by atoms with van der Waals surface area (Å²) in [7, 11) is 2.29. The van der Waals surface area contributed by atoms with Crippen LogP contribution in [0.1, 0.15) is 44.9 Å². The van der Waals surface area contributed by atoms with Crippen molar-refractivity contribution in [2.75, 3.05) is 14.2 Å². The fraction of sp³-hybridized carbons (Fsp3) is 1.00. The van der Waals surface area contributed by atoms with E-state index in [2.05, 4.69) is 0 Å². The lowest BCUT2D eigenvalue weighted by Crippen LogP contribution is -2.19. The first-order chi connectivity index (χ1) is 6.86. The highest BCUT2D eigenvalue weighted by molar-refractivity contribution is 6.44. The van der Waals surface area contributed by atoms with E-state index in [9.17, 15) is 0 Å². The van der Waals surface area contributed by atoms with Gasteiger partial charge >= 0.3 is 9.28 Å². The quantitative estimate of drug-likeness (QED) is 0.520. The molecule has 0 aromatic rings. The number of rotatable bonds is 5. The van der Waals surface area contributed by atoms with Crippen molar-refractivity contribution in [3.63, 3.8) is 0 Å². The lowest BCUT2D eigenvalue weighted by atomic mass is 9.98. The van der Waals surface area contributed by atoms with E-state index in [1.54, 1.807) is 14.2 Å². The zero-order valence-corrected chi connectivity index (χ0v) is 10.8. The van der Waals surface area contributed by atoms with Crippen LogP contribution in [0.15, 0.2) is 0 Å². The SMILES string of the molecule is CO[SiH](CCC1CCCCCC1)OC. The van der Waals surface area contributed by atoms with E-state index >= 15 is 0 Å². The first-order valence-corrected chi connectivity index (χ1v) is 7.68. The van der Waals surface area contributed by atoms with E-state index in [1.165, 1.54) is 51.0 Å². The summed E-state index contributed by atoms with van der Waals surface area (Å²) >= 11 is 0. The molecule has 0 N–H and O–H groups in total. The second kappa shape index (κ2) is 7.43. The maximum atomic E-state index is 5.34. The van der Waals surface area contributed by atoms with E-state index in [1.807, 2.05) is 0 Å². The maximum Gasteiger partial charge on any atom is 0.320 e. The van der Waals surface area contributed by atoms with E-state index in [4.69, 9.17) is 8.85 Å². The third kappa shape index (κ3) is 4.58. The highest BCUT2D eigenvalue weighted by Crippen LogP contribution is 2.27. The highest BCUT2D eigenvalue weighted by Gasteiger charge is 2.16. The van der Waals surface area contributed by atoms with Crippen LogP contribution < -0.4 is 0 Å². The summed E-state index contributed by atoms with van der Waals surface area (Å²) in [4.78, 5) is 0. The van der Waals surface area contributed by atoms with Crippen LogP contribution in [0.25, 0.3) is 0 Å². The van der Waals surface area contributed by atoms with Gasteiger partial charge in [0.1, 0.15) is 0 Å². The molecule has 0 saturated heterocycles. The number of hydrogen-bond donors (Lipinski definition) is 0. The molecule has 1 aliphatic carbocycles. The lowest BCUT2D eigenvalue weighted by molar-refractivity contribution is 0.271. The molecule has 0 amide bonds. The van der Waals surface area contributed by atoms with Crippen molar-refractivity contribution in [2.45, 2.75) is 51.0 Å². The molecule has 0 aliphatic heterocycles. The molecule has 1 aliphatic rings. The van der Waals surface area contributed by atoms with Crippen molar-refractivity contribution >= 4 is 9.28 Å². The Bertz CT molecular complexity index is 129. The lowest BCUT2D eigenvalue weighted by Gasteiger charge is -2.16. The summed E-state index contributed by atoms with van der Waals surface area (Å²) in [6.07, 6.45) is 9.99. The second-order valence-corrected chi connectivity index (χ2v) is 6.72. The molecular weight excluding hydrogens is 192 g/mol.